The lowest BCUT2D eigenvalue weighted by Gasteiger charge is -2.10. The molecule has 1 aromatic carbocycles. The van der Waals surface area contributed by atoms with Gasteiger partial charge in [-0.1, -0.05) is 6.07 Å². The standard InChI is InChI=1S/C13H16N4O2/c1-9(14-3)13-8-15-16(10(13)2)11-5-4-6-12(7-11)17(18)19/h4-9,14H,1-3H3. The molecular weight excluding hydrogens is 244 g/mol. The van der Waals surface area contributed by atoms with Gasteiger partial charge in [0.2, 0.25) is 0 Å². The summed E-state index contributed by atoms with van der Waals surface area (Å²) >= 11 is 0. The molecule has 100 valence electrons. The molecule has 2 aromatic rings. The van der Waals surface area contributed by atoms with Crippen LogP contribution in [0.4, 0.5) is 5.69 Å². The Hall–Kier alpha value is -2.21. The van der Waals surface area contributed by atoms with E-state index in [-0.39, 0.29) is 11.7 Å². The van der Waals surface area contributed by atoms with Crippen LogP contribution in [0.1, 0.15) is 24.2 Å². The maximum absolute atomic E-state index is 10.8. The molecule has 1 aromatic heterocycles. The number of aromatic nitrogens is 2. The minimum atomic E-state index is -0.403. The number of hydrogen-bond acceptors (Lipinski definition) is 4. The first kappa shape index (κ1) is 13.2. The van der Waals surface area contributed by atoms with Crippen LogP contribution in [0.3, 0.4) is 0 Å². The molecule has 0 saturated carbocycles. The van der Waals surface area contributed by atoms with E-state index < -0.39 is 4.92 Å². The summed E-state index contributed by atoms with van der Waals surface area (Å²) in [6.45, 7) is 4.00. The molecule has 1 heterocycles. The van der Waals surface area contributed by atoms with Crippen LogP contribution in [0.2, 0.25) is 0 Å². The minimum Gasteiger partial charge on any atom is -0.313 e. The molecule has 0 radical (unpaired) electrons. The van der Waals surface area contributed by atoms with Crippen LogP contribution >= 0.6 is 0 Å². The summed E-state index contributed by atoms with van der Waals surface area (Å²) in [5.74, 6) is 0. The van der Waals surface area contributed by atoms with E-state index in [4.69, 9.17) is 0 Å². The third-order valence-corrected chi connectivity index (χ3v) is 3.23. The Kier molecular flexibility index (Phi) is 3.62. The van der Waals surface area contributed by atoms with Gasteiger partial charge < -0.3 is 5.32 Å². The quantitative estimate of drug-likeness (QED) is 0.676. The highest BCUT2D eigenvalue weighted by Crippen LogP contribution is 2.22. The molecule has 0 aliphatic rings. The summed E-state index contributed by atoms with van der Waals surface area (Å²) in [4.78, 5) is 10.4. The number of nitro benzene ring substituents is 1. The highest BCUT2D eigenvalue weighted by Gasteiger charge is 2.14. The van der Waals surface area contributed by atoms with Crippen molar-refractivity contribution in [3.05, 3.63) is 51.8 Å². The van der Waals surface area contributed by atoms with Crippen molar-refractivity contribution in [1.82, 2.24) is 15.1 Å². The van der Waals surface area contributed by atoms with Crippen molar-refractivity contribution >= 4 is 5.69 Å². The summed E-state index contributed by atoms with van der Waals surface area (Å²) in [5, 5.41) is 18.3. The van der Waals surface area contributed by atoms with Gasteiger partial charge in [0.05, 0.1) is 16.8 Å². The molecule has 19 heavy (non-hydrogen) atoms. The second-order valence-electron chi connectivity index (χ2n) is 4.38. The number of hydrogen-bond donors (Lipinski definition) is 1. The number of benzene rings is 1. The fraction of sp³-hybridized carbons (Fsp3) is 0.308. The molecule has 0 spiro atoms. The van der Waals surface area contributed by atoms with E-state index in [1.165, 1.54) is 12.1 Å². The molecule has 1 unspecified atom stereocenters. The first-order valence-electron chi connectivity index (χ1n) is 6.01. The van der Waals surface area contributed by atoms with Gasteiger partial charge in [0.1, 0.15) is 0 Å². The van der Waals surface area contributed by atoms with E-state index in [0.717, 1.165) is 11.3 Å². The van der Waals surface area contributed by atoms with Crippen molar-refractivity contribution in [3.8, 4) is 5.69 Å². The molecule has 0 fully saturated rings. The molecule has 0 bridgehead atoms. The SMILES string of the molecule is CNC(C)c1cnn(-c2cccc([N+](=O)[O-])c2)c1C. The number of non-ortho nitro benzene ring substituents is 1. The van der Waals surface area contributed by atoms with Crippen LogP contribution in [-0.4, -0.2) is 21.8 Å². The molecule has 1 atom stereocenters. The summed E-state index contributed by atoms with van der Waals surface area (Å²) in [5.41, 5.74) is 2.81. The zero-order valence-corrected chi connectivity index (χ0v) is 11.1. The van der Waals surface area contributed by atoms with E-state index in [2.05, 4.69) is 10.4 Å². The van der Waals surface area contributed by atoms with Gasteiger partial charge in [-0.05, 0) is 27.0 Å². The Labute approximate surface area is 111 Å². The third-order valence-electron chi connectivity index (χ3n) is 3.23. The maximum Gasteiger partial charge on any atom is 0.271 e. The average Bonchev–Trinajstić information content (AvgIpc) is 2.80. The first-order valence-corrected chi connectivity index (χ1v) is 6.01. The lowest BCUT2D eigenvalue weighted by Crippen LogP contribution is -2.13. The molecule has 1 N–H and O–H groups in total. The van der Waals surface area contributed by atoms with E-state index in [1.54, 1.807) is 23.0 Å². The number of nitro groups is 1. The molecule has 0 aliphatic heterocycles. The lowest BCUT2D eigenvalue weighted by atomic mass is 10.1. The maximum atomic E-state index is 10.8. The summed E-state index contributed by atoms with van der Waals surface area (Å²) in [6, 6.07) is 6.65. The van der Waals surface area contributed by atoms with Crippen LogP contribution in [0.5, 0.6) is 0 Å². The van der Waals surface area contributed by atoms with Gasteiger partial charge in [0, 0.05) is 29.4 Å². The Bertz CT molecular complexity index is 606. The molecule has 2 rings (SSSR count). The highest BCUT2D eigenvalue weighted by molar-refractivity contribution is 5.44. The molecular formula is C13H16N4O2. The van der Waals surface area contributed by atoms with Crippen LogP contribution in [0.15, 0.2) is 30.5 Å². The number of nitrogens with one attached hydrogen (secondary N) is 1. The van der Waals surface area contributed by atoms with Crippen molar-refractivity contribution in [1.29, 1.82) is 0 Å². The van der Waals surface area contributed by atoms with Crippen LogP contribution in [0, 0.1) is 17.0 Å². The van der Waals surface area contributed by atoms with Crippen molar-refractivity contribution in [2.45, 2.75) is 19.9 Å². The van der Waals surface area contributed by atoms with Gasteiger partial charge in [-0.3, -0.25) is 10.1 Å². The van der Waals surface area contributed by atoms with Crippen molar-refractivity contribution in [3.63, 3.8) is 0 Å². The van der Waals surface area contributed by atoms with Crippen LogP contribution in [0.25, 0.3) is 5.69 Å². The molecule has 0 aliphatic carbocycles. The Morgan fingerprint density at radius 1 is 1.47 bits per heavy atom. The third kappa shape index (κ3) is 2.48. The van der Waals surface area contributed by atoms with Crippen molar-refractivity contribution in [2.24, 2.45) is 0 Å². The second kappa shape index (κ2) is 5.19. The monoisotopic (exact) mass is 260 g/mol. The predicted octanol–water partition coefficient (Wildman–Crippen LogP) is 2.37. The largest absolute Gasteiger partial charge is 0.313 e. The molecule has 6 nitrogen and oxygen atoms in total. The zero-order chi connectivity index (χ0) is 14.0. The fourth-order valence-corrected chi connectivity index (χ4v) is 2.00. The minimum absolute atomic E-state index is 0.0654. The number of rotatable bonds is 4. The topological polar surface area (TPSA) is 73.0 Å². The summed E-state index contributed by atoms with van der Waals surface area (Å²) < 4.78 is 1.72. The van der Waals surface area contributed by atoms with E-state index in [1.807, 2.05) is 20.9 Å². The van der Waals surface area contributed by atoms with Gasteiger partial charge >= 0.3 is 0 Å². The van der Waals surface area contributed by atoms with Gasteiger partial charge in [0.25, 0.3) is 5.69 Å². The predicted molar refractivity (Wildman–Crippen MR) is 72.4 cm³/mol. The van der Waals surface area contributed by atoms with E-state index in [0.29, 0.717) is 5.69 Å². The van der Waals surface area contributed by atoms with Gasteiger partial charge in [-0.15, -0.1) is 0 Å². The Balaban J connectivity index is 2.45. The van der Waals surface area contributed by atoms with Crippen LogP contribution < -0.4 is 5.32 Å². The normalized spacial score (nSPS) is 12.4. The van der Waals surface area contributed by atoms with Gasteiger partial charge in [-0.25, -0.2) is 4.68 Å². The summed E-state index contributed by atoms with van der Waals surface area (Å²) in [6.07, 6.45) is 1.79. The average molecular weight is 260 g/mol. The number of nitrogens with zero attached hydrogens (tertiary/aromatic N) is 3. The lowest BCUT2D eigenvalue weighted by molar-refractivity contribution is -0.384. The summed E-state index contributed by atoms with van der Waals surface area (Å²) in [7, 11) is 1.88. The van der Waals surface area contributed by atoms with Crippen molar-refractivity contribution in [2.75, 3.05) is 7.05 Å². The fourth-order valence-electron chi connectivity index (χ4n) is 2.00. The van der Waals surface area contributed by atoms with E-state index in [9.17, 15) is 10.1 Å². The smallest absolute Gasteiger partial charge is 0.271 e. The molecule has 6 heteroatoms. The van der Waals surface area contributed by atoms with Crippen LogP contribution in [-0.2, 0) is 0 Å². The second-order valence-corrected chi connectivity index (χ2v) is 4.38. The Morgan fingerprint density at radius 3 is 2.84 bits per heavy atom. The molecule has 0 amide bonds. The van der Waals surface area contributed by atoms with Crippen molar-refractivity contribution < 1.29 is 4.92 Å². The Morgan fingerprint density at radius 2 is 2.21 bits per heavy atom. The van der Waals surface area contributed by atoms with Gasteiger partial charge in [0.15, 0.2) is 0 Å². The molecule has 0 saturated heterocycles. The first-order chi connectivity index (χ1) is 9.04. The van der Waals surface area contributed by atoms with Gasteiger partial charge in [-0.2, -0.15) is 5.10 Å². The highest BCUT2D eigenvalue weighted by atomic mass is 16.6. The van der Waals surface area contributed by atoms with E-state index >= 15 is 0 Å². The zero-order valence-electron chi connectivity index (χ0n) is 11.1.